The molecule has 2 heteroatoms. The Kier molecular flexibility index (Phi) is 5.63. The Labute approximate surface area is 207 Å². The monoisotopic (exact) mass is 460 g/mol. The zero-order chi connectivity index (χ0) is 24.8. The molecule has 0 aromatic heterocycles. The van der Waals surface area contributed by atoms with E-state index in [1.54, 1.807) is 5.57 Å². The van der Waals surface area contributed by atoms with Crippen molar-refractivity contribution in [1.82, 2.24) is 0 Å². The average molecular weight is 461 g/mol. The first-order valence-electron chi connectivity index (χ1n) is 12.3. The van der Waals surface area contributed by atoms with Gasteiger partial charge in [0, 0.05) is 10.9 Å². The zero-order valence-corrected chi connectivity index (χ0v) is 20.9. The van der Waals surface area contributed by atoms with E-state index in [0.717, 1.165) is 40.8 Å². The number of hydrogen-bond acceptors (Lipinski definition) is 2. The van der Waals surface area contributed by atoms with E-state index in [-0.39, 0.29) is 10.8 Å². The van der Waals surface area contributed by atoms with Crippen molar-refractivity contribution in [2.75, 3.05) is 0 Å². The van der Waals surface area contributed by atoms with Crippen molar-refractivity contribution in [2.24, 2.45) is 5.41 Å². The van der Waals surface area contributed by atoms with Crippen molar-refractivity contribution >= 4 is 33.4 Å². The molecule has 35 heavy (non-hydrogen) atoms. The minimum atomic E-state index is 0.0355. The molecule has 0 bridgehead atoms. The van der Waals surface area contributed by atoms with Gasteiger partial charge in [0.15, 0.2) is 0 Å². The molecule has 0 radical (unpaired) electrons. The van der Waals surface area contributed by atoms with Crippen LogP contribution in [-0.4, -0.2) is 11.4 Å². The van der Waals surface area contributed by atoms with Crippen LogP contribution in [-0.2, 0) is 5.41 Å². The van der Waals surface area contributed by atoms with E-state index < -0.39 is 0 Å². The van der Waals surface area contributed by atoms with Crippen LogP contribution in [0.1, 0.15) is 62.0 Å². The van der Waals surface area contributed by atoms with Gasteiger partial charge in [-0.05, 0) is 68.7 Å². The highest BCUT2D eigenvalue weighted by atomic mass is 16.3. The minimum absolute atomic E-state index is 0.0355. The zero-order valence-electron chi connectivity index (χ0n) is 20.9. The van der Waals surface area contributed by atoms with Gasteiger partial charge in [-0.15, -0.1) is 0 Å². The highest BCUT2D eigenvalue weighted by molar-refractivity contribution is 5.98. The normalized spacial score (nSPS) is 17.4. The number of hydrogen-bond donors (Lipinski definition) is 1. The number of fused-ring (bicyclic) bond motifs is 5. The summed E-state index contributed by atoms with van der Waals surface area (Å²) in [6, 6.07) is 23.9. The summed E-state index contributed by atoms with van der Waals surface area (Å²) in [5.74, 6) is 0.400. The fourth-order valence-electron chi connectivity index (χ4n) is 5.76. The number of phenolic OH excluding ortho intramolecular Hbond substituents is 1. The predicted molar refractivity (Wildman–Crippen MR) is 147 cm³/mol. The van der Waals surface area contributed by atoms with Crippen molar-refractivity contribution in [3.05, 3.63) is 107 Å². The third kappa shape index (κ3) is 4.30. The first-order valence-corrected chi connectivity index (χ1v) is 12.3. The maximum Gasteiger partial charge on any atom is 0.150 e. The molecule has 0 saturated carbocycles. The Balaban J connectivity index is 0.000000178. The Morgan fingerprint density at radius 2 is 1.51 bits per heavy atom. The molecule has 2 nitrogen and oxygen atoms in total. The molecule has 2 aliphatic carbocycles. The second kappa shape index (κ2) is 8.53. The number of allylic oxidation sites excluding steroid dienone is 4. The summed E-state index contributed by atoms with van der Waals surface area (Å²) in [5, 5.41) is 14.9. The van der Waals surface area contributed by atoms with Gasteiger partial charge in [-0.1, -0.05) is 106 Å². The Morgan fingerprint density at radius 3 is 2.29 bits per heavy atom. The number of aromatic hydroxyl groups is 1. The molecule has 0 unspecified atom stereocenters. The lowest BCUT2D eigenvalue weighted by Crippen LogP contribution is -2.27. The average Bonchev–Trinajstić information content (AvgIpc) is 2.83. The third-order valence-electron chi connectivity index (χ3n) is 7.31. The lowest BCUT2D eigenvalue weighted by atomic mass is 9.64. The van der Waals surface area contributed by atoms with Crippen LogP contribution < -0.4 is 0 Å². The first kappa shape index (κ1) is 23.1. The topological polar surface area (TPSA) is 37.3 Å². The molecule has 0 fully saturated rings. The van der Waals surface area contributed by atoms with Crippen LogP contribution in [0.4, 0.5) is 0 Å². The summed E-state index contributed by atoms with van der Waals surface area (Å²) >= 11 is 0. The van der Waals surface area contributed by atoms with Crippen LogP contribution in [0.15, 0.2) is 90.5 Å². The minimum Gasteiger partial charge on any atom is -0.507 e. The fraction of sp³-hybridized carbons (Fsp3) is 0.242. The molecule has 2 aliphatic rings. The molecule has 0 aliphatic heterocycles. The van der Waals surface area contributed by atoms with Crippen molar-refractivity contribution in [3.63, 3.8) is 0 Å². The molecule has 4 aromatic rings. The van der Waals surface area contributed by atoms with Crippen molar-refractivity contribution in [2.45, 2.75) is 46.0 Å². The highest BCUT2D eigenvalue weighted by Gasteiger charge is 2.36. The summed E-state index contributed by atoms with van der Waals surface area (Å²) < 4.78 is 0. The number of benzene rings is 4. The van der Waals surface area contributed by atoms with Gasteiger partial charge >= 0.3 is 0 Å². The van der Waals surface area contributed by atoms with E-state index in [1.807, 2.05) is 54.6 Å². The van der Waals surface area contributed by atoms with Gasteiger partial charge in [0.05, 0.1) is 0 Å². The Hall–Kier alpha value is -3.65. The van der Waals surface area contributed by atoms with E-state index in [0.29, 0.717) is 5.75 Å². The van der Waals surface area contributed by atoms with Gasteiger partial charge in [-0.3, -0.25) is 4.79 Å². The van der Waals surface area contributed by atoms with Gasteiger partial charge in [0.1, 0.15) is 12.0 Å². The summed E-state index contributed by atoms with van der Waals surface area (Å²) in [4.78, 5) is 10.5. The van der Waals surface area contributed by atoms with E-state index in [2.05, 4.69) is 58.0 Å². The first-order chi connectivity index (χ1) is 16.7. The van der Waals surface area contributed by atoms with Crippen LogP contribution in [0.2, 0.25) is 0 Å². The van der Waals surface area contributed by atoms with E-state index >= 15 is 0 Å². The Morgan fingerprint density at radius 1 is 0.800 bits per heavy atom. The largest absolute Gasteiger partial charge is 0.507 e. The molecule has 6 rings (SSSR count). The summed E-state index contributed by atoms with van der Waals surface area (Å²) in [6.07, 6.45) is 7.70. The lowest BCUT2D eigenvalue weighted by molar-refractivity contribution is 0.112. The molecule has 0 atom stereocenters. The molecule has 0 heterocycles. The number of aldehydes is 1. The van der Waals surface area contributed by atoms with Crippen molar-refractivity contribution in [1.29, 1.82) is 0 Å². The maximum atomic E-state index is 10.5. The van der Waals surface area contributed by atoms with Crippen LogP contribution in [0.5, 0.6) is 5.75 Å². The highest BCUT2D eigenvalue weighted by Crippen LogP contribution is 2.51. The third-order valence-corrected chi connectivity index (χ3v) is 7.31. The number of carbonyl (C=O) groups excluding carboxylic acids is 1. The molecule has 0 amide bonds. The second-order valence-electron chi connectivity index (χ2n) is 11.2. The summed E-state index contributed by atoms with van der Waals surface area (Å²) in [6.45, 7) is 9.24. The smallest absolute Gasteiger partial charge is 0.150 e. The summed E-state index contributed by atoms with van der Waals surface area (Å²) in [5.41, 5.74) is 6.55. The maximum absolute atomic E-state index is 10.5. The quantitative estimate of drug-likeness (QED) is 0.289. The number of rotatable bonds is 1. The van der Waals surface area contributed by atoms with Crippen LogP contribution >= 0.6 is 0 Å². The van der Waals surface area contributed by atoms with E-state index in [4.69, 9.17) is 0 Å². The van der Waals surface area contributed by atoms with Gasteiger partial charge in [0.2, 0.25) is 0 Å². The fourth-order valence-corrected chi connectivity index (χ4v) is 5.76. The van der Waals surface area contributed by atoms with Crippen LogP contribution in [0, 0.1) is 5.41 Å². The standard InChI is InChI=1S/C22H24O.C11H8O/c1-21(2)11-10-16-15(12-21)13-22(3,4)20-17(16)9-8-14-6-5-7-18(23)19(14)20;12-8-9-5-6-10-3-1-2-4-11(10)7-9/h5-11,23H,12-13H2,1-4H3;1-8H. The molecular weight excluding hydrogens is 428 g/mol. The predicted octanol–water partition coefficient (Wildman–Crippen LogP) is 8.62. The summed E-state index contributed by atoms with van der Waals surface area (Å²) in [7, 11) is 0. The molecule has 4 aromatic carbocycles. The van der Waals surface area contributed by atoms with E-state index in [9.17, 15) is 9.90 Å². The molecule has 0 saturated heterocycles. The second-order valence-corrected chi connectivity index (χ2v) is 11.2. The van der Waals surface area contributed by atoms with Crippen molar-refractivity contribution < 1.29 is 9.90 Å². The van der Waals surface area contributed by atoms with Gasteiger partial charge in [-0.2, -0.15) is 0 Å². The number of carbonyl (C=O) groups is 1. The SMILES string of the molecule is CC1(C)C=CC2=C(C1)CC(C)(C)c1c2ccc2cccc(O)c12.O=Cc1ccc2ccccc2c1. The lowest BCUT2D eigenvalue weighted by Gasteiger charge is -2.40. The van der Waals surface area contributed by atoms with E-state index in [1.165, 1.54) is 22.1 Å². The molecule has 0 spiro atoms. The van der Waals surface area contributed by atoms with Crippen molar-refractivity contribution in [3.8, 4) is 5.75 Å². The van der Waals surface area contributed by atoms with Crippen LogP contribution in [0.3, 0.4) is 0 Å². The molecular formula is C33H32O2. The van der Waals surface area contributed by atoms with Gasteiger partial charge in [0.25, 0.3) is 0 Å². The number of phenols is 1. The van der Waals surface area contributed by atoms with Gasteiger partial charge < -0.3 is 5.11 Å². The molecule has 1 N–H and O–H groups in total. The molecule has 176 valence electrons. The Bertz CT molecular complexity index is 1520. The van der Waals surface area contributed by atoms with Gasteiger partial charge in [-0.25, -0.2) is 0 Å². The van der Waals surface area contributed by atoms with Crippen LogP contribution in [0.25, 0.3) is 27.1 Å².